The molecule has 0 unspecified atom stereocenters. The van der Waals surface area contributed by atoms with E-state index in [4.69, 9.17) is 0 Å². The fourth-order valence-corrected chi connectivity index (χ4v) is 4.07. The van der Waals surface area contributed by atoms with Crippen molar-refractivity contribution in [2.75, 3.05) is 0 Å². The molecule has 3 rings (SSSR count). The highest BCUT2D eigenvalue weighted by Gasteiger charge is 2.16. The van der Waals surface area contributed by atoms with Gasteiger partial charge in [-0.3, -0.25) is 4.79 Å². The predicted molar refractivity (Wildman–Crippen MR) is 102 cm³/mol. The molecular weight excluding hydrogens is 368 g/mol. The topological polar surface area (TPSA) is 75.3 Å². The number of benzene rings is 2. The lowest BCUT2D eigenvalue weighted by atomic mass is 10.2. The molecule has 2 aromatic carbocycles. The molecule has 3 aromatic rings. The Bertz CT molecular complexity index is 969. The fraction of sp³-hybridized carbons (Fsp3) is 0.105. The van der Waals surface area contributed by atoms with Gasteiger partial charge in [0.25, 0.3) is 5.91 Å². The summed E-state index contributed by atoms with van der Waals surface area (Å²) in [5.74, 6) is -0.309. The highest BCUT2D eigenvalue weighted by Crippen LogP contribution is 2.13. The largest absolute Gasteiger partial charge is 0.348 e. The molecule has 1 aromatic heterocycles. The lowest BCUT2D eigenvalue weighted by Gasteiger charge is -2.09. The van der Waals surface area contributed by atoms with Gasteiger partial charge in [0, 0.05) is 18.7 Å². The van der Waals surface area contributed by atoms with Crippen LogP contribution in [0.3, 0.4) is 0 Å². The van der Waals surface area contributed by atoms with E-state index in [9.17, 15) is 13.2 Å². The number of nitrogens with one attached hydrogen (secondary N) is 2. The standard InChI is InChI=1S/C19H18N2O3S2/c22-19(20-12-16-9-10-25-14-16)17-7-4-8-18(11-17)26(23,24)21-13-15-5-2-1-3-6-15/h1-11,14,21H,12-13H2,(H,20,22). The van der Waals surface area contributed by atoms with E-state index in [-0.39, 0.29) is 17.3 Å². The van der Waals surface area contributed by atoms with Gasteiger partial charge < -0.3 is 5.32 Å². The molecule has 2 N–H and O–H groups in total. The third-order valence-electron chi connectivity index (χ3n) is 3.75. The normalized spacial score (nSPS) is 11.2. The van der Waals surface area contributed by atoms with Crippen LogP contribution in [-0.2, 0) is 23.1 Å². The molecule has 1 amide bonds. The first-order chi connectivity index (χ1) is 12.5. The van der Waals surface area contributed by atoms with Gasteiger partial charge >= 0.3 is 0 Å². The quantitative estimate of drug-likeness (QED) is 0.655. The first-order valence-electron chi connectivity index (χ1n) is 7.97. The van der Waals surface area contributed by atoms with E-state index in [1.807, 2.05) is 47.2 Å². The van der Waals surface area contributed by atoms with Crippen molar-refractivity contribution in [3.63, 3.8) is 0 Å². The van der Waals surface area contributed by atoms with Gasteiger partial charge in [-0.25, -0.2) is 13.1 Å². The van der Waals surface area contributed by atoms with Crippen molar-refractivity contribution < 1.29 is 13.2 Å². The van der Waals surface area contributed by atoms with Crippen LogP contribution in [0.2, 0.25) is 0 Å². The first-order valence-corrected chi connectivity index (χ1v) is 10.4. The zero-order valence-corrected chi connectivity index (χ0v) is 15.5. The van der Waals surface area contributed by atoms with E-state index < -0.39 is 10.0 Å². The highest BCUT2D eigenvalue weighted by atomic mass is 32.2. The maximum absolute atomic E-state index is 12.5. The van der Waals surface area contributed by atoms with Gasteiger partial charge in [-0.1, -0.05) is 36.4 Å². The molecule has 1 heterocycles. The van der Waals surface area contributed by atoms with E-state index in [0.717, 1.165) is 11.1 Å². The third kappa shape index (κ3) is 4.78. The SMILES string of the molecule is O=C(NCc1ccsc1)c1cccc(S(=O)(=O)NCc2ccccc2)c1. The van der Waals surface area contributed by atoms with Gasteiger partial charge in [-0.15, -0.1) is 0 Å². The van der Waals surface area contributed by atoms with Crippen molar-refractivity contribution >= 4 is 27.3 Å². The van der Waals surface area contributed by atoms with Gasteiger partial charge in [-0.2, -0.15) is 11.3 Å². The highest BCUT2D eigenvalue weighted by molar-refractivity contribution is 7.89. The van der Waals surface area contributed by atoms with Crippen LogP contribution in [0.4, 0.5) is 0 Å². The molecular formula is C19H18N2O3S2. The van der Waals surface area contributed by atoms with E-state index >= 15 is 0 Å². The summed E-state index contributed by atoms with van der Waals surface area (Å²) in [7, 11) is -3.70. The maximum atomic E-state index is 12.5. The smallest absolute Gasteiger partial charge is 0.251 e. The van der Waals surface area contributed by atoms with Crippen LogP contribution in [0.5, 0.6) is 0 Å². The van der Waals surface area contributed by atoms with Gasteiger partial charge in [0.05, 0.1) is 4.90 Å². The Balaban J connectivity index is 1.68. The van der Waals surface area contributed by atoms with Crippen molar-refractivity contribution in [2.24, 2.45) is 0 Å². The second kappa shape index (κ2) is 8.27. The van der Waals surface area contributed by atoms with Crippen LogP contribution in [0.1, 0.15) is 21.5 Å². The summed E-state index contributed by atoms with van der Waals surface area (Å²) in [5, 5.41) is 6.68. The molecule has 0 bridgehead atoms. The minimum Gasteiger partial charge on any atom is -0.348 e. The molecule has 5 nitrogen and oxygen atoms in total. The van der Waals surface area contributed by atoms with Crippen LogP contribution in [0.25, 0.3) is 0 Å². The van der Waals surface area contributed by atoms with Crippen molar-refractivity contribution in [3.8, 4) is 0 Å². The Morgan fingerprint density at radius 2 is 1.73 bits per heavy atom. The van der Waals surface area contributed by atoms with Crippen LogP contribution < -0.4 is 10.0 Å². The number of carbonyl (C=O) groups excluding carboxylic acids is 1. The van der Waals surface area contributed by atoms with Gasteiger partial charge in [0.15, 0.2) is 0 Å². The zero-order chi connectivity index (χ0) is 18.4. The van der Waals surface area contributed by atoms with Crippen molar-refractivity contribution in [1.82, 2.24) is 10.0 Å². The summed E-state index contributed by atoms with van der Waals surface area (Å²) in [6, 6.07) is 17.2. The Kier molecular flexibility index (Phi) is 5.82. The molecule has 0 spiro atoms. The Morgan fingerprint density at radius 3 is 2.46 bits per heavy atom. The van der Waals surface area contributed by atoms with Gasteiger partial charge in [0.1, 0.15) is 0 Å². The Morgan fingerprint density at radius 1 is 0.923 bits per heavy atom. The molecule has 0 radical (unpaired) electrons. The number of thiophene rings is 1. The lowest BCUT2D eigenvalue weighted by Crippen LogP contribution is -2.25. The van der Waals surface area contributed by atoms with Gasteiger partial charge in [-0.05, 0) is 46.2 Å². The molecule has 0 aliphatic heterocycles. The van der Waals surface area contributed by atoms with Crippen LogP contribution in [-0.4, -0.2) is 14.3 Å². The summed E-state index contributed by atoms with van der Waals surface area (Å²) in [4.78, 5) is 12.3. The summed E-state index contributed by atoms with van der Waals surface area (Å²) < 4.78 is 27.5. The average molecular weight is 386 g/mol. The summed E-state index contributed by atoms with van der Waals surface area (Å²) >= 11 is 1.56. The van der Waals surface area contributed by atoms with Crippen molar-refractivity contribution in [2.45, 2.75) is 18.0 Å². The molecule has 7 heteroatoms. The number of rotatable bonds is 7. The first kappa shape index (κ1) is 18.3. The lowest BCUT2D eigenvalue weighted by molar-refractivity contribution is 0.0950. The predicted octanol–water partition coefficient (Wildman–Crippen LogP) is 3.16. The van der Waals surface area contributed by atoms with Crippen molar-refractivity contribution in [3.05, 3.63) is 88.1 Å². The maximum Gasteiger partial charge on any atom is 0.251 e. The van der Waals surface area contributed by atoms with Crippen LogP contribution in [0.15, 0.2) is 76.3 Å². The second-order valence-corrected chi connectivity index (χ2v) is 8.20. The molecule has 0 aliphatic rings. The molecule has 0 saturated carbocycles. The van der Waals surface area contributed by atoms with Crippen LogP contribution >= 0.6 is 11.3 Å². The minimum absolute atomic E-state index is 0.0663. The Labute approximate surface area is 156 Å². The van der Waals surface area contributed by atoms with Crippen molar-refractivity contribution in [1.29, 1.82) is 0 Å². The summed E-state index contributed by atoms with van der Waals surface area (Å²) in [6.07, 6.45) is 0. The second-order valence-electron chi connectivity index (χ2n) is 5.65. The number of carbonyl (C=O) groups is 1. The molecule has 0 fully saturated rings. The zero-order valence-electron chi connectivity index (χ0n) is 13.9. The Hall–Kier alpha value is -2.48. The van der Waals surface area contributed by atoms with E-state index in [1.165, 1.54) is 12.1 Å². The fourth-order valence-electron chi connectivity index (χ4n) is 2.34. The van der Waals surface area contributed by atoms with E-state index in [1.54, 1.807) is 23.5 Å². The number of amides is 1. The number of hydrogen-bond acceptors (Lipinski definition) is 4. The summed E-state index contributed by atoms with van der Waals surface area (Å²) in [6.45, 7) is 0.601. The van der Waals surface area contributed by atoms with E-state index in [0.29, 0.717) is 12.1 Å². The molecule has 0 saturated heterocycles. The molecule has 0 aliphatic carbocycles. The minimum atomic E-state index is -3.70. The molecule has 26 heavy (non-hydrogen) atoms. The molecule has 0 atom stereocenters. The average Bonchev–Trinajstić information content (AvgIpc) is 3.19. The number of hydrogen-bond donors (Lipinski definition) is 2. The number of sulfonamides is 1. The van der Waals surface area contributed by atoms with Crippen LogP contribution in [0, 0.1) is 0 Å². The monoisotopic (exact) mass is 386 g/mol. The van der Waals surface area contributed by atoms with E-state index in [2.05, 4.69) is 10.0 Å². The third-order valence-corrected chi connectivity index (χ3v) is 5.88. The summed E-state index contributed by atoms with van der Waals surface area (Å²) in [5.41, 5.74) is 2.18. The van der Waals surface area contributed by atoms with Gasteiger partial charge in [0.2, 0.25) is 10.0 Å². The molecule has 134 valence electrons.